The maximum absolute atomic E-state index is 11.8. The molecule has 0 bridgehead atoms. The zero-order valence-electron chi connectivity index (χ0n) is 12.1. The first-order valence-corrected chi connectivity index (χ1v) is 7.07. The van der Waals surface area contributed by atoms with Crippen molar-refractivity contribution in [2.75, 3.05) is 12.4 Å². The summed E-state index contributed by atoms with van der Waals surface area (Å²) < 4.78 is 5.07. The number of benzene rings is 1. The molecule has 1 aromatic rings. The van der Waals surface area contributed by atoms with Gasteiger partial charge in [-0.1, -0.05) is 18.4 Å². The molecule has 0 unspecified atom stereocenters. The molecule has 1 aliphatic rings. The summed E-state index contributed by atoms with van der Waals surface area (Å²) in [5.41, 5.74) is 2.00. The second-order valence-corrected chi connectivity index (χ2v) is 5.20. The summed E-state index contributed by atoms with van der Waals surface area (Å²) in [5.74, 6) is 1.41. The van der Waals surface area contributed by atoms with E-state index in [1.54, 1.807) is 7.11 Å². The number of amides is 2. The lowest BCUT2D eigenvalue weighted by Crippen LogP contribution is -2.24. The van der Waals surface area contributed by atoms with Gasteiger partial charge in [0.15, 0.2) is 0 Å². The Bertz CT molecular complexity index is 474. The average molecular weight is 274 g/mol. The standard InChI is InChI=1S/C16H22N2O2/c1-12(13-5-3-4-6-13)11-17-16(19)18-14-7-9-15(20-2)10-8-14/h7-11,13H,3-6H2,1-2H3,(H2,17,18,19)/b12-11+. The lowest BCUT2D eigenvalue weighted by atomic mass is 10.0. The van der Waals surface area contributed by atoms with Gasteiger partial charge < -0.3 is 15.4 Å². The molecule has 1 aromatic carbocycles. The van der Waals surface area contributed by atoms with E-state index in [-0.39, 0.29) is 6.03 Å². The number of allylic oxidation sites excluding steroid dienone is 1. The molecule has 20 heavy (non-hydrogen) atoms. The fourth-order valence-corrected chi connectivity index (χ4v) is 2.52. The Morgan fingerprint density at radius 3 is 2.50 bits per heavy atom. The summed E-state index contributed by atoms with van der Waals surface area (Å²) in [4.78, 5) is 11.8. The molecule has 0 atom stereocenters. The number of carbonyl (C=O) groups is 1. The van der Waals surface area contributed by atoms with E-state index in [1.807, 2.05) is 30.5 Å². The number of nitrogens with one attached hydrogen (secondary N) is 2. The minimum atomic E-state index is -0.215. The van der Waals surface area contributed by atoms with Gasteiger partial charge in [-0.15, -0.1) is 0 Å². The van der Waals surface area contributed by atoms with E-state index in [9.17, 15) is 4.79 Å². The van der Waals surface area contributed by atoms with Crippen molar-refractivity contribution < 1.29 is 9.53 Å². The van der Waals surface area contributed by atoms with Gasteiger partial charge >= 0.3 is 6.03 Å². The van der Waals surface area contributed by atoms with E-state index in [1.165, 1.54) is 31.3 Å². The highest BCUT2D eigenvalue weighted by atomic mass is 16.5. The Hall–Kier alpha value is -1.97. The topological polar surface area (TPSA) is 50.4 Å². The van der Waals surface area contributed by atoms with Crippen LogP contribution in [0.4, 0.5) is 10.5 Å². The van der Waals surface area contributed by atoms with Crippen molar-refractivity contribution >= 4 is 11.7 Å². The lowest BCUT2D eigenvalue weighted by Gasteiger charge is -2.10. The molecule has 108 valence electrons. The molecule has 0 spiro atoms. The van der Waals surface area contributed by atoms with Gasteiger partial charge in [-0.25, -0.2) is 4.79 Å². The molecule has 0 aromatic heterocycles. The van der Waals surface area contributed by atoms with Crippen LogP contribution in [0.25, 0.3) is 0 Å². The van der Waals surface area contributed by atoms with Crippen LogP contribution in [-0.2, 0) is 0 Å². The third-order valence-corrected chi connectivity index (χ3v) is 3.78. The van der Waals surface area contributed by atoms with Gasteiger partial charge in [-0.3, -0.25) is 0 Å². The Kier molecular flexibility index (Phi) is 5.04. The SMILES string of the molecule is COc1ccc(NC(=O)N/C=C(\C)C2CCCC2)cc1. The van der Waals surface area contributed by atoms with Crippen LogP contribution in [0.3, 0.4) is 0 Å². The molecule has 0 heterocycles. The van der Waals surface area contributed by atoms with Crippen molar-refractivity contribution in [1.29, 1.82) is 0 Å². The molecule has 1 fully saturated rings. The fraction of sp³-hybridized carbons (Fsp3) is 0.438. The first-order chi connectivity index (χ1) is 9.69. The van der Waals surface area contributed by atoms with Gasteiger partial charge in [0.2, 0.25) is 0 Å². The van der Waals surface area contributed by atoms with Crippen LogP contribution in [0.5, 0.6) is 5.75 Å². The van der Waals surface area contributed by atoms with E-state index in [4.69, 9.17) is 4.74 Å². The molecule has 0 radical (unpaired) electrons. The van der Waals surface area contributed by atoms with E-state index in [2.05, 4.69) is 17.6 Å². The molecule has 2 N–H and O–H groups in total. The van der Waals surface area contributed by atoms with E-state index < -0.39 is 0 Å². The van der Waals surface area contributed by atoms with Crippen molar-refractivity contribution in [3.63, 3.8) is 0 Å². The zero-order valence-corrected chi connectivity index (χ0v) is 12.1. The first kappa shape index (κ1) is 14.4. The number of ether oxygens (including phenoxy) is 1. The van der Waals surface area contributed by atoms with Gasteiger partial charge in [-0.05, 0) is 49.9 Å². The summed E-state index contributed by atoms with van der Waals surface area (Å²) in [7, 11) is 1.62. The van der Waals surface area contributed by atoms with Crippen LogP contribution in [0, 0.1) is 5.92 Å². The molecule has 2 rings (SSSR count). The highest BCUT2D eigenvalue weighted by Gasteiger charge is 2.16. The van der Waals surface area contributed by atoms with Crippen LogP contribution in [0.1, 0.15) is 32.6 Å². The second-order valence-electron chi connectivity index (χ2n) is 5.20. The average Bonchev–Trinajstić information content (AvgIpc) is 3.00. The van der Waals surface area contributed by atoms with Crippen LogP contribution in [0.2, 0.25) is 0 Å². The third kappa shape index (κ3) is 4.02. The second kappa shape index (κ2) is 6.98. The van der Waals surface area contributed by atoms with Crippen LogP contribution < -0.4 is 15.4 Å². The Morgan fingerprint density at radius 1 is 1.25 bits per heavy atom. The molecular weight excluding hydrogens is 252 g/mol. The summed E-state index contributed by atoms with van der Waals surface area (Å²) in [6.07, 6.45) is 6.91. The van der Waals surface area contributed by atoms with E-state index in [0.29, 0.717) is 5.92 Å². The number of hydrogen-bond donors (Lipinski definition) is 2. The lowest BCUT2D eigenvalue weighted by molar-refractivity contribution is 0.255. The fourth-order valence-electron chi connectivity index (χ4n) is 2.52. The van der Waals surface area contributed by atoms with Gasteiger partial charge in [0.25, 0.3) is 0 Å². The number of urea groups is 1. The number of rotatable bonds is 4. The number of anilines is 1. The van der Waals surface area contributed by atoms with Gasteiger partial charge in [0.05, 0.1) is 7.11 Å². The summed E-state index contributed by atoms with van der Waals surface area (Å²) in [5, 5.41) is 5.58. The van der Waals surface area contributed by atoms with E-state index in [0.717, 1.165) is 11.4 Å². The summed E-state index contributed by atoms with van der Waals surface area (Å²) in [6.45, 7) is 2.09. The van der Waals surface area contributed by atoms with Crippen molar-refractivity contribution in [2.24, 2.45) is 5.92 Å². The molecule has 1 aliphatic carbocycles. The predicted molar refractivity (Wildman–Crippen MR) is 80.9 cm³/mol. The Morgan fingerprint density at radius 2 is 1.90 bits per heavy atom. The summed E-state index contributed by atoms with van der Waals surface area (Å²) >= 11 is 0. The molecule has 4 nitrogen and oxygen atoms in total. The predicted octanol–water partition coefficient (Wildman–Crippen LogP) is 3.91. The summed E-state index contributed by atoms with van der Waals surface area (Å²) in [6, 6.07) is 7.04. The van der Waals surface area contributed by atoms with Gasteiger partial charge in [0, 0.05) is 11.9 Å². The smallest absolute Gasteiger partial charge is 0.323 e. The molecule has 4 heteroatoms. The van der Waals surface area contributed by atoms with Crippen molar-refractivity contribution in [2.45, 2.75) is 32.6 Å². The normalized spacial score (nSPS) is 16.0. The maximum Gasteiger partial charge on any atom is 0.323 e. The minimum Gasteiger partial charge on any atom is -0.497 e. The molecule has 2 amide bonds. The molecular formula is C16H22N2O2. The minimum absolute atomic E-state index is 0.215. The Labute approximate surface area is 120 Å². The number of carbonyl (C=O) groups excluding carboxylic acids is 1. The highest BCUT2D eigenvalue weighted by molar-refractivity contribution is 5.89. The molecule has 0 saturated heterocycles. The number of hydrogen-bond acceptors (Lipinski definition) is 2. The van der Waals surface area contributed by atoms with Gasteiger partial charge in [0.1, 0.15) is 5.75 Å². The zero-order chi connectivity index (χ0) is 14.4. The highest BCUT2D eigenvalue weighted by Crippen LogP contribution is 2.30. The molecule has 0 aliphatic heterocycles. The van der Waals surface area contributed by atoms with Crippen LogP contribution in [-0.4, -0.2) is 13.1 Å². The van der Waals surface area contributed by atoms with Crippen molar-refractivity contribution in [3.05, 3.63) is 36.0 Å². The maximum atomic E-state index is 11.8. The quantitative estimate of drug-likeness (QED) is 0.874. The van der Waals surface area contributed by atoms with Crippen molar-refractivity contribution in [3.8, 4) is 5.75 Å². The largest absolute Gasteiger partial charge is 0.497 e. The first-order valence-electron chi connectivity index (χ1n) is 7.07. The van der Waals surface area contributed by atoms with Crippen LogP contribution in [0.15, 0.2) is 36.0 Å². The Balaban J connectivity index is 1.83. The van der Waals surface area contributed by atoms with Gasteiger partial charge in [-0.2, -0.15) is 0 Å². The molecule has 1 saturated carbocycles. The van der Waals surface area contributed by atoms with Crippen LogP contribution >= 0.6 is 0 Å². The number of methoxy groups -OCH3 is 1. The van der Waals surface area contributed by atoms with E-state index >= 15 is 0 Å². The monoisotopic (exact) mass is 274 g/mol. The third-order valence-electron chi connectivity index (χ3n) is 3.78. The van der Waals surface area contributed by atoms with Crippen molar-refractivity contribution in [1.82, 2.24) is 5.32 Å².